The third-order valence-electron chi connectivity index (χ3n) is 3.10. The van der Waals surface area contributed by atoms with Gasteiger partial charge >= 0.3 is 5.97 Å². The van der Waals surface area contributed by atoms with E-state index in [1.165, 1.54) is 12.1 Å². The summed E-state index contributed by atoms with van der Waals surface area (Å²) in [5.74, 6) is -1.96. The molecule has 1 fully saturated rings. The molecule has 0 spiro atoms. The lowest BCUT2D eigenvalue weighted by atomic mass is 10.1. The van der Waals surface area contributed by atoms with E-state index in [2.05, 4.69) is 4.90 Å². The maximum atomic E-state index is 13.5. The first-order chi connectivity index (χ1) is 8.61. The van der Waals surface area contributed by atoms with Gasteiger partial charge in [-0.2, -0.15) is 0 Å². The maximum Gasteiger partial charge on any atom is 0.338 e. The summed E-state index contributed by atoms with van der Waals surface area (Å²) in [5, 5.41) is 17.7. The first-order valence-corrected chi connectivity index (χ1v) is 5.98. The Labute approximate surface area is 105 Å². The van der Waals surface area contributed by atoms with Crippen LogP contribution in [-0.2, 0) is 6.54 Å². The third-order valence-corrected chi connectivity index (χ3v) is 3.10. The number of aromatic carboxylic acids is 1. The number of halogens is 1. The number of rotatable bonds is 6. The zero-order valence-corrected chi connectivity index (χ0v) is 9.97. The summed E-state index contributed by atoms with van der Waals surface area (Å²) in [7, 11) is 0. The summed E-state index contributed by atoms with van der Waals surface area (Å²) in [5.41, 5.74) is 0.428. The summed E-state index contributed by atoms with van der Waals surface area (Å²) >= 11 is 0. The van der Waals surface area contributed by atoms with Crippen molar-refractivity contribution in [3.05, 3.63) is 35.1 Å². The highest BCUT2D eigenvalue weighted by atomic mass is 19.1. The molecule has 5 heteroatoms. The first-order valence-electron chi connectivity index (χ1n) is 5.98. The molecule has 98 valence electrons. The van der Waals surface area contributed by atoms with Gasteiger partial charge in [0.2, 0.25) is 0 Å². The van der Waals surface area contributed by atoms with Gasteiger partial charge in [0.15, 0.2) is 0 Å². The second-order valence-electron chi connectivity index (χ2n) is 4.54. The SMILES string of the molecule is O=C(O)c1ccc(CN(CCO)C2CC2)cc1F. The standard InChI is InChI=1S/C13H16FNO3/c14-12-7-9(1-4-11(12)13(17)18)8-15(5-6-16)10-2-3-10/h1,4,7,10,16H,2-3,5-6,8H2,(H,17,18). The predicted octanol–water partition coefficient (Wildman–Crippen LogP) is 1.48. The quantitative estimate of drug-likeness (QED) is 0.806. The lowest BCUT2D eigenvalue weighted by molar-refractivity contribution is 0.0692. The molecule has 0 radical (unpaired) electrons. The predicted molar refractivity (Wildman–Crippen MR) is 63.9 cm³/mol. The van der Waals surface area contributed by atoms with Crippen LogP contribution in [0.1, 0.15) is 28.8 Å². The third kappa shape index (κ3) is 3.05. The molecule has 0 heterocycles. The van der Waals surface area contributed by atoms with E-state index in [9.17, 15) is 9.18 Å². The van der Waals surface area contributed by atoms with Crippen LogP contribution in [0.4, 0.5) is 4.39 Å². The lowest BCUT2D eigenvalue weighted by Crippen LogP contribution is -2.28. The Kier molecular flexibility index (Phi) is 3.93. The van der Waals surface area contributed by atoms with Gasteiger partial charge in [-0.1, -0.05) is 6.07 Å². The number of hydrogen-bond acceptors (Lipinski definition) is 3. The number of nitrogens with zero attached hydrogens (tertiary/aromatic N) is 1. The number of carboxylic acid groups (broad SMARTS) is 1. The van der Waals surface area contributed by atoms with E-state index in [1.54, 1.807) is 6.07 Å². The molecular weight excluding hydrogens is 237 g/mol. The van der Waals surface area contributed by atoms with Crippen LogP contribution < -0.4 is 0 Å². The Balaban J connectivity index is 2.08. The number of carboxylic acids is 1. The maximum absolute atomic E-state index is 13.5. The summed E-state index contributed by atoms with van der Waals surface area (Å²) in [4.78, 5) is 12.8. The van der Waals surface area contributed by atoms with Gasteiger partial charge in [0, 0.05) is 19.1 Å². The van der Waals surface area contributed by atoms with E-state index in [4.69, 9.17) is 10.2 Å². The van der Waals surface area contributed by atoms with Crippen LogP contribution in [0.2, 0.25) is 0 Å². The highest BCUT2D eigenvalue weighted by Crippen LogP contribution is 2.28. The van der Waals surface area contributed by atoms with Crippen molar-refractivity contribution in [3.63, 3.8) is 0 Å². The van der Waals surface area contributed by atoms with Crippen molar-refractivity contribution in [2.45, 2.75) is 25.4 Å². The Morgan fingerprint density at radius 3 is 2.67 bits per heavy atom. The molecule has 4 nitrogen and oxygen atoms in total. The van der Waals surface area contributed by atoms with E-state index in [-0.39, 0.29) is 12.2 Å². The monoisotopic (exact) mass is 253 g/mol. The smallest absolute Gasteiger partial charge is 0.338 e. The minimum atomic E-state index is -1.26. The van der Waals surface area contributed by atoms with Crippen molar-refractivity contribution >= 4 is 5.97 Å². The van der Waals surface area contributed by atoms with E-state index >= 15 is 0 Å². The van der Waals surface area contributed by atoms with Crippen molar-refractivity contribution in [2.75, 3.05) is 13.2 Å². The minimum absolute atomic E-state index is 0.0756. The number of aliphatic hydroxyl groups excluding tert-OH is 1. The molecule has 0 atom stereocenters. The molecule has 1 aliphatic carbocycles. The molecule has 0 unspecified atom stereocenters. The second-order valence-corrected chi connectivity index (χ2v) is 4.54. The molecule has 0 amide bonds. The van der Waals surface area contributed by atoms with Crippen LogP contribution in [-0.4, -0.2) is 40.3 Å². The van der Waals surface area contributed by atoms with Crippen molar-refractivity contribution in [1.82, 2.24) is 4.90 Å². The van der Waals surface area contributed by atoms with E-state index in [0.29, 0.717) is 19.1 Å². The Hall–Kier alpha value is -1.46. The van der Waals surface area contributed by atoms with E-state index in [0.717, 1.165) is 18.4 Å². The fourth-order valence-electron chi connectivity index (χ4n) is 2.02. The first kappa shape index (κ1) is 13.0. The molecule has 2 N–H and O–H groups in total. The fourth-order valence-corrected chi connectivity index (χ4v) is 2.02. The van der Waals surface area contributed by atoms with Gasteiger partial charge < -0.3 is 10.2 Å². The Bertz CT molecular complexity index is 446. The normalized spacial score (nSPS) is 15.1. The summed E-state index contributed by atoms with van der Waals surface area (Å²) in [6.07, 6.45) is 2.21. The fraction of sp³-hybridized carbons (Fsp3) is 0.462. The van der Waals surface area contributed by atoms with Gasteiger partial charge in [-0.3, -0.25) is 4.90 Å². The second kappa shape index (κ2) is 5.46. The molecule has 2 rings (SSSR count). The summed E-state index contributed by atoms with van der Waals surface area (Å²) in [6.45, 7) is 1.18. The zero-order chi connectivity index (χ0) is 13.1. The number of benzene rings is 1. The zero-order valence-electron chi connectivity index (χ0n) is 9.97. The van der Waals surface area contributed by atoms with Crippen LogP contribution in [0.25, 0.3) is 0 Å². The van der Waals surface area contributed by atoms with Crippen LogP contribution >= 0.6 is 0 Å². The van der Waals surface area contributed by atoms with Crippen LogP contribution in [0.3, 0.4) is 0 Å². The highest BCUT2D eigenvalue weighted by Gasteiger charge is 2.28. The van der Waals surface area contributed by atoms with E-state index in [1.807, 2.05) is 0 Å². The number of hydrogen-bond donors (Lipinski definition) is 2. The Morgan fingerprint density at radius 2 is 2.17 bits per heavy atom. The average Bonchev–Trinajstić information content (AvgIpc) is 3.11. The minimum Gasteiger partial charge on any atom is -0.478 e. The summed E-state index contributed by atoms with van der Waals surface area (Å²) < 4.78 is 13.5. The molecule has 0 saturated heterocycles. The van der Waals surface area contributed by atoms with Gasteiger partial charge in [0.1, 0.15) is 5.82 Å². The van der Waals surface area contributed by atoms with Gasteiger partial charge in [0.25, 0.3) is 0 Å². The van der Waals surface area contributed by atoms with E-state index < -0.39 is 11.8 Å². The molecular formula is C13H16FNO3. The van der Waals surface area contributed by atoms with Crippen molar-refractivity contribution in [1.29, 1.82) is 0 Å². The van der Waals surface area contributed by atoms with Crippen molar-refractivity contribution in [3.8, 4) is 0 Å². The van der Waals surface area contributed by atoms with Crippen molar-refractivity contribution < 1.29 is 19.4 Å². The average molecular weight is 253 g/mol. The molecule has 1 aromatic carbocycles. The van der Waals surface area contributed by atoms with Gasteiger partial charge in [-0.15, -0.1) is 0 Å². The molecule has 1 aromatic rings. The van der Waals surface area contributed by atoms with Crippen molar-refractivity contribution in [2.24, 2.45) is 0 Å². The molecule has 0 aromatic heterocycles. The molecule has 18 heavy (non-hydrogen) atoms. The molecule has 0 bridgehead atoms. The molecule has 1 aliphatic rings. The largest absolute Gasteiger partial charge is 0.478 e. The molecule has 0 aliphatic heterocycles. The molecule has 1 saturated carbocycles. The van der Waals surface area contributed by atoms with Gasteiger partial charge in [0.05, 0.1) is 12.2 Å². The lowest BCUT2D eigenvalue weighted by Gasteiger charge is -2.20. The van der Waals surface area contributed by atoms with Crippen LogP contribution in [0.15, 0.2) is 18.2 Å². The summed E-state index contributed by atoms with van der Waals surface area (Å²) in [6, 6.07) is 4.64. The highest BCUT2D eigenvalue weighted by molar-refractivity contribution is 5.87. The van der Waals surface area contributed by atoms with Gasteiger partial charge in [-0.25, -0.2) is 9.18 Å². The van der Waals surface area contributed by atoms with Gasteiger partial charge in [-0.05, 0) is 30.5 Å². The van der Waals surface area contributed by atoms with Crippen LogP contribution in [0.5, 0.6) is 0 Å². The Morgan fingerprint density at radius 1 is 1.44 bits per heavy atom. The topological polar surface area (TPSA) is 60.8 Å². The number of aliphatic hydroxyl groups is 1. The number of carbonyl (C=O) groups is 1. The van der Waals surface area contributed by atoms with Crippen LogP contribution in [0, 0.1) is 5.82 Å².